The van der Waals surface area contributed by atoms with Crippen LogP contribution in [0.2, 0.25) is 0 Å². The first-order chi connectivity index (χ1) is 8.86. The summed E-state index contributed by atoms with van der Waals surface area (Å²) in [5.41, 5.74) is 1.17. The van der Waals surface area contributed by atoms with Gasteiger partial charge in [0.15, 0.2) is 0 Å². The zero-order valence-electron chi connectivity index (χ0n) is 11.1. The van der Waals surface area contributed by atoms with Gasteiger partial charge in [-0.25, -0.2) is 9.37 Å². The Morgan fingerprint density at radius 2 is 1.89 bits per heavy atom. The molecule has 100 valence electrons. The molecule has 0 fully saturated rings. The van der Waals surface area contributed by atoms with Crippen LogP contribution >= 0.6 is 15.9 Å². The maximum atomic E-state index is 13.1. The van der Waals surface area contributed by atoms with Crippen LogP contribution < -0.4 is 4.74 Å². The number of pyridine rings is 1. The number of halogens is 2. The van der Waals surface area contributed by atoms with Crippen molar-refractivity contribution in [2.45, 2.75) is 26.2 Å². The van der Waals surface area contributed by atoms with Crippen molar-refractivity contribution in [2.75, 3.05) is 0 Å². The minimum absolute atomic E-state index is 0.0466. The van der Waals surface area contributed by atoms with Crippen LogP contribution in [0, 0.1) is 5.82 Å². The summed E-state index contributed by atoms with van der Waals surface area (Å²) in [7, 11) is 0. The lowest BCUT2D eigenvalue weighted by molar-refractivity contribution is 0.453. The van der Waals surface area contributed by atoms with E-state index in [0.29, 0.717) is 16.1 Å². The topological polar surface area (TPSA) is 22.1 Å². The van der Waals surface area contributed by atoms with Crippen molar-refractivity contribution in [3.63, 3.8) is 0 Å². The predicted octanol–water partition coefficient (Wildman–Crippen LogP) is 5.07. The lowest BCUT2D eigenvalue weighted by Gasteiger charge is -2.18. The van der Waals surface area contributed by atoms with E-state index in [1.165, 1.54) is 12.1 Å². The van der Waals surface area contributed by atoms with Crippen LogP contribution in [-0.2, 0) is 5.41 Å². The lowest BCUT2D eigenvalue weighted by Crippen LogP contribution is -2.11. The van der Waals surface area contributed by atoms with Crippen LogP contribution in [0.4, 0.5) is 4.39 Å². The molecule has 2 nitrogen and oxygen atoms in total. The Hall–Kier alpha value is -1.42. The summed E-state index contributed by atoms with van der Waals surface area (Å²) in [5.74, 6) is 0.514. The second kappa shape index (κ2) is 5.29. The van der Waals surface area contributed by atoms with Gasteiger partial charge in [-0.05, 0) is 39.0 Å². The summed E-state index contributed by atoms with van der Waals surface area (Å²) in [6.45, 7) is 6.36. The molecule has 0 saturated carbocycles. The van der Waals surface area contributed by atoms with Gasteiger partial charge in [0.2, 0.25) is 5.88 Å². The molecular weight excluding hydrogens is 309 g/mol. The van der Waals surface area contributed by atoms with Gasteiger partial charge >= 0.3 is 0 Å². The molecule has 2 rings (SSSR count). The van der Waals surface area contributed by atoms with E-state index in [2.05, 4.69) is 41.7 Å². The van der Waals surface area contributed by atoms with E-state index in [0.717, 1.165) is 5.56 Å². The number of rotatable bonds is 2. The fourth-order valence-electron chi connectivity index (χ4n) is 1.55. The van der Waals surface area contributed by atoms with Gasteiger partial charge in [-0.3, -0.25) is 0 Å². The molecule has 0 N–H and O–H groups in total. The highest BCUT2D eigenvalue weighted by atomic mass is 79.9. The van der Waals surface area contributed by atoms with Gasteiger partial charge in [0.05, 0.1) is 4.47 Å². The minimum Gasteiger partial charge on any atom is -0.438 e. The third kappa shape index (κ3) is 3.53. The van der Waals surface area contributed by atoms with Gasteiger partial charge in [-0.15, -0.1) is 0 Å². The van der Waals surface area contributed by atoms with E-state index in [9.17, 15) is 4.39 Å². The average Bonchev–Trinajstić information content (AvgIpc) is 2.33. The van der Waals surface area contributed by atoms with Crippen LogP contribution in [0.15, 0.2) is 41.0 Å². The van der Waals surface area contributed by atoms with Gasteiger partial charge in [0, 0.05) is 18.3 Å². The van der Waals surface area contributed by atoms with E-state index in [1.807, 2.05) is 6.07 Å². The van der Waals surface area contributed by atoms with Gasteiger partial charge in [-0.1, -0.05) is 26.8 Å². The molecule has 1 heterocycles. The molecule has 0 radical (unpaired) electrons. The summed E-state index contributed by atoms with van der Waals surface area (Å²) >= 11 is 3.31. The van der Waals surface area contributed by atoms with Crippen LogP contribution in [-0.4, -0.2) is 4.98 Å². The molecule has 19 heavy (non-hydrogen) atoms. The largest absolute Gasteiger partial charge is 0.438 e. The van der Waals surface area contributed by atoms with Crippen LogP contribution in [0.25, 0.3) is 0 Å². The molecule has 0 aliphatic carbocycles. The second-order valence-corrected chi connectivity index (χ2v) is 6.17. The van der Waals surface area contributed by atoms with Crippen LogP contribution in [0.5, 0.6) is 11.6 Å². The second-order valence-electron chi connectivity index (χ2n) is 5.31. The average molecular weight is 324 g/mol. The third-order valence-corrected chi connectivity index (χ3v) is 3.37. The van der Waals surface area contributed by atoms with Crippen molar-refractivity contribution in [1.29, 1.82) is 0 Å². The van der Waals surface area contributed by atoms with Crippen molar-refractivity contribution in [3.05, 3.63) is 52.4 Å². The number of hydrogen-bond donors (Lipinski definition) is 0. The number of aromatic nitrogens is 1. The fraction of sp³-hybridized carbons (Fsp3) is 0.267. The highest BCUT2D eigenvalue weighted by Crippen LogP contribution is 2.30. The molecule has 0 unspecified atom stereocenters. The summed E-state index contributed by atoms with van der Waals surface area (Å²) in [4.78, 5) is 4.25. The van der Waals surface area contributed by atoms with Gasteiger partial charge in [0.25, 0.3) is 0 Å². The molecule has 0 spiro atoms. The van der Waals surface area contributed by atoms with Gasteiger partial charge in [-0.2, -0.15) is 0 Å². The van der Waals surface area contributed by atoms with Gasteiger partial charge in [0.1, 0.15) is 11.6 Å². The Bertz CT molecular complexity index is 576. The number of nitrogens with zero attached hydrogens (tertiary/aromatic N) is 1. The minimum atomic E-state index is -0.343. The Kier molecular flexibility index (Phi) is 3.90. The molecule has 1 aromatic heterocycles. The molecule has 1 aromatic carbocycles. The van der Waals surface area contributed by atoms with Crippen molar-refractivity contribution in [3.8, 4) is 11.6 Å². The van der Waals surface area contributed by atoms with Crippen LogP contribution in [0.3, 0.4) is 0 Å². The smallest absolute Gasteiger partial charge is 0.219 e. The SMILES string of the molecule is CC(C)(C)c1ccc(Oc2cc(F)ccc2Br)nc1. The molecule has 0 aliphatic rings. The van der Waals surface area contributed by atoms with Crippen LogP contribution in [0.1, 0.15) is 26.3 Å². The number of ether oxygens (including phenoxy) is 1. The Morgan fingerprint density at radius 3 is 2.47 bits per heavy atom. The van der Waals surface area contributed by atoms with E-state index in [4.69, 9.17) is 4.74 Å². The van der Waals surface area contributed by atoms with E-state index in [-0.39, 0.29) is 11.2 Å². The predicted molar refractivity (Wildman–Crippen MR) is 77.1 cm³/mol. The van der Waals surface area contributed by atoms with Crippen molar-refractivity contribution in [2.24, 2.45) is 0 Å². The third-order valence-electron chi connectivity index (χ3n) is 2.71. The number of benzene rings is 1. The summed E-state index contributed by atoms with van der Waals surface area (Å²) in [6.07, 6.45) is 1.78. The van der Waals surface area contributed by atoms with E-state index in [1.54, 1.807) is 18.3 Å². The fourth-order valence-corrected chi connectivity index (χ4v) is 1.88. The summed E-state index contributed by atoms with van der Waals surface area (Å²) in [5, 5.41) is 0. The Morgan fingerprint density at radius 1 is 1.16 bits per heavy atom. The Labute approximate surface area is 120 Å². The normalized spacial score (nSPS) is 11.4. The standard InChI is InChI=1S/C15H15BrFNO/c1-15(2,3)10-4-7-14(18-9-10)19-13-8-11(17)5-6-12(13)16/h4-9H,1-3H3. The molecule has 2 aromatic rings. The zero-order valence-corrected chi connectivity index (χ0v) is 12.7. The monoisotopic (exact) mass is 323 g/mol. The van der Waals surface area contributed by atoms with Crippen molar-refractivity contribution >= 4 is 15.9 Å². The first-order valence-corrected chi connectivity index (χ1v) is 6.75. The molecular formula is C15H15BrFNO. The van der Waals surface area contributed by atoms with E-state index < -0.39 is 0 Å². The first-order valence-electron chi connectivity index (χ1n) is 5.96. The molecule has 0 atom stereocenters. The molecule has 0 aliphatic heterocycles. The summed E-state index contributed by atoms with van der Waals surface area (Å²) in [6, 6.07) is 8.05. The molecule has 4 heteroatoms. The maximum Gasteiger partial charge on any atom is 0.219 e. The van der Waals surface area contributed by atoms with Gasteiger partial charge < -0.3 is 4.74 Å². The van der Waals surface area contributed by atoms with E-state index >= 15 is 0 Å². The first kappa shape index (κ1) is 14.0. The molecule has 0 amide bonds. The zero-order chi connectivity index (χ0) is 14.0. The highest BCUT2D eigenvalue weighted by molar-refractivity contribution is 9.10. The van der Waals surface area contributed by atoms with Crippen molar-refractivity contribution in [1.82, 2.24) is 4.98 Å². The quantitative estimate of drug-likeness (QED) is 0.769. The maximum absolute atomic E-state index is 13.1. The molecule has 0 saturated heterocycles. The highest BCUT2D eigenvalue weighted by Gasteiger charge is 2.14. The Balaban J connectivity index is 2.22. The lowest BCUT2D eigenvalue weighted by atomic mass is 9.88. The number of hydrogen-bond acceptors (Lipinski definition) is 2. The molecule has 0 bridgehead atoms. The summed E-state index contributed by atoms with van der Waals surface area (Å²) < 4.78 is 19.4. The van der Waals surface area contributed by atoms with Crippen molar-refractivity contribution < 1.29 is 9.13 Å².